The van der Waals surface area contributed by atoms with Gasteiger partial charge in [-0.05, 0) is 12.1 Å². The molecule has 10 heavy (non-hydrogen) atoms. The third kappa shape index (κ3) is 0.953. The average molecular weight is 138 g/mol. The molecule has 0 aliphatic heterocycles. The van der Waals surface area contributed by atoms with Crippen molar-refractivity contribution in [3.8, 4) is 0 Å². The molecule has 1 aromatic rings. The van der Waals surface area contributed by atoms with Gasteiger partial charge in [-0.1, -0.05) is 0 Å². The molecule has 4 nitrogen and oxygen atoms in total. The summed E-state index contributed by atoms with van der Waals surface area (Å²) < 4.78 is 1.85. The van der Waals surface area contributed by atoms with Crippen LogP contribution in [0.25, 0.3) is 0 Å². The van der Waals surface area contributed by atoms with Crippen molar-refractivity contribution in [1.29, 1.82) is 0 Å². The Hall–Kier alpha value is -1.45. The van der Waals surface area contributed by atoms with E-state index in [2.05, 4.69) is 5.10 Å². The van der Waals surface area contributed by atoms with Crippen molar-refractivity contribution in [3.63, 3.8) is 0 Å². The van der Waals surface area contributed by atoms with Crippen LogP contribution in [0.1, 0.15) is 5.69 Å². The fourth-order valence-corrected chi connectivity index (χ4v) is 0.793. The van der Waals surface area contributed by atoms with Crippen molar-refractivity contribution in [2.24, 2.45) is 23.7 Å². The standard InChI is InChI=1S/C6H10N4/c1-10-4-2-3-5(10)6(7)9-8/h2-4H,8H2,1H3,(H2,7,9). The lowest BCUT2D eigenvalue weighted by Gasteiger charge is -1.98. The van der Waals surface area contributed by atoms with Crippen LogP contribution in [-0.4, -0.2) is 10.4 Å². The highest BCUT2D eigenvalue weighted by atomic mass is 15.2. The van der Waals surface area contributed by atoms with Gasteiger partial charge >= 0.3 is 0 Å². The van der Waals surface area contributed by atoms with Crippen molar-refractivity contribution >= 4 is 5.84 Å². The smallest absolute Gasteiger partial charge is 0.166 e. The number of nitrogens with zero attached hydrogens (tertiary/aromatic N) is 2. The Labute approximate surface area is 59.1 Å². The molecule has 0 saturated carbocycles. The Morgan fingerprint density at radius 2 is 2.40 bits per heavy atom. The van der Waals surface area contributed by atoms with Gasteiger partial charge < -0.3 is 16.1 Å². The van der Waals surface area contributed by atoms with Crippen LogP contribution in [0.4, 0.5) is 0 Å². The summed E-state index contributed by atoms with van der Waals surface area (Å²) in [5.41, 5.74) is 6.28. The second-order valence-corrected chi connectivity index (χ2v) is 2.02. The summed E-state index contributed by atoms with van der Waals surface area (Å²) in [6.07, 6.45) is 1.88. The molecule has 1 aromatic heterocycles. The zero-order valence-corrected chi connectivity index (χ0v) is 5.78. The van der Waals surface area contributed by atoms with Gasteiger partial charge in [0, 0.05) is 13.2 Å². The number of rotatable bonds is 1. The molecule has 0 bridgehead atoms. The van der Waals surface area contributed by atoms with Crippen molar-refractivity contribution in [1.82, 2.24) is 4.57 Å². The first-order valence-electron chi connectivity index (χ1n) is 2.90. The van der Waals surface area contributed by atoms with E-state index in [1.54, 1.807) is 0 Å². The number of hydrogen-bond donors (Lipinski definition) is 2. The summed E-state index contributed by atoms with van der Waals surface area (Å²) in [5, 5.41) is 3.37. The van der Waals surface area contributed by atoms with Gasteiger partial charge in [0.1, 0.15) is 0 Å². The van der Waals surface area contributed by atoms with Crippen LogP contribution >= 0.6 is 0 Å². The van der Waals surface area contributed by atoms with E-state index in [9.17, 15) is 0 Å². The van der Waals surface area contributed by atoms with Crippen LogP contribution in [0.2, 0.25) is 0 Å². The summed E-state index contributed by atoms with van der Waals surface area (Å²) in [4.78, 5) is 0. The Morgan fingerprint density at radius 1 is 1.70 bits per heavy atom. The van der Waals surface area contributed by atoms with Gasteiger partial charge in [0.15, 0.2) is 5.84 Å². The summed E-state index contributed by atoms with van der Waals surface area (Å²) in [5.74, 6) is 5.34. The van der Waals surface area contributed by atoms with Crippen molar-refractivity contribution < 1.29 is 0 Å². The number of amidine groups is 1. The lowest BCUT2D eigenvalue weighted by Crippen LogP contribution is -2.18. The van der Waals surface area contributed by atoms with Crippen LogP contribution in [-0.2, 0) is 7.05 Å². The molecule has 0 aliphatic rings. The normalized spacial score (nSPS) is 11.9. The third-order valence-electron chi connectivity index (χ3n) is 1.35. The molecule has 0 fully saturated rings. The molecule has 4 N–H and O–H groups in total. The van der Waals surface area contributed by atoms with Gasteiger partial charge in [-0.25, -0.2) is 0 Å². The first-order chi connectivity index (χ1) is 4.75. The van der Waals surface area contributed by atoms with Gasteiger partial charge in [-0.2, -0.15) is 5.10 Å². The average Bonchev–Trinajstić information content (AvgIpc) is 2.34. The maximum Gasteiger partial charge on any atom is 0.166 e. The minimum absolute atomic E-state index is 0.354. The second kappa shape index (κ2) is 2.43. The lowest BCUT2D eigenvalue weighted by atomic mass is 10.4. The zero-order valence-electron chi connectivity index (χ0n) is 5.78. The maximum atomic E-state index is 5.44. The summed E-state index contributed by atoms with van der Waals surface area (Å²) in [6, 6.07) is 3.74. The van der Waals surface area contributed by atoms with Crippen molar-refractivity contribution in [3.05, 3.63) is 24.0 Å². The van der Waals surface area contributed by atoms with Crippen LogP contribution in [0.15, 0.2) is 23.4 Å². The van der Waals surface area contributed by atoms with Crippen molar-refractivity contribution in [2.45, 2.75) is 0 Å². The van der Waals surface area contributed by atoms with Crippen LogP contribution in [0, 0.1) is 0 Å². The molecular formula is C6H10N4. The van der Waals surface area contributed by atoms with Gasteiger partial charge in [-0.3, -0.25) is 0 Å². The van der Waals surface area contributed by atoms with E-state index >= 15 is 0 Å². The number of hydrogen-bond acceptors (Lipinski definition) is 2. The van der Waals surface area contributed by atoms with E-state index in [-0.39, 0.29) is 0 Å². The molecule has 0 radical (unpaired) electrons. The molecule has 0 spiro atoms. The largest absolute Gasteiger partial charge is 0.381 e. The highest BCUT2D eigenvalue weighted by Crippen LogP contribution is 1.96. The molecule has 1 heterocycles. The molecule has 54 valence electrons. The maximum absolute atomic E-state index is 5.44. The predicted octanol–water partition coefficient (Wildman–Crippen LogP) is -0.396. The molecule has 0 atom stereocenters. The molecule has 0 aliphatic carbocycles. The monoisotopic (exact) mass is 138 g/mol. The van der Waals surface area contributed by atoms with E-state index in [1.807, 2.05) is 29.9 Å². The fraction of sp³-hybridized carbons (Fsp3) is 0.167. The number of aryl methyl sites for hydroxylation is 1. The van der Waals surface area contributed by atoms with Gasteiger partial charge in [0.2, 0.25) is 0 Å². The highest BCUT2D eigenvalue weighted by molar-refractivity contribution is 5.95. The highest BCUT2D eigenvalue weighted by Gasteiger charge is 1.99. The number of aromatic nitrogens is 1. The Morgan fingerprint density at radius 3 is 2.80 bits per heavy atom. The first kappa shape index (κ1) is 6.67. The zero-order chi connectivity index (χ0) is 7.56. The topological polar surface area (TPSA) is 69.3 Å². The third-order valence-corrected chi connectivity index (χ3v) is 1.35. The molecule has 0 amide bonds. The lowest BCUT2D eigenvalue weighted by molar-refractivity contribution is 0.910. The van der Waals surface area contributed by atoms with Crippen LogP contribution in [0.5, 0.6) is 0 Å². The van der Waals surface area contributed by atoms with Gasteiger partial charge in [0.25, 0.3) is 0 Å². The van der Waals surface area contributed by atoms with E-state index in [0.717, 1.165) is 5.69 Å². The number of nitrogens with two attached hydrogens (primary N) is 2. The molecular weight excluding hydrogens is 128 g/mol. The van der Waals surface area contributed by atoms with E-state index < -0.39 is 0 Å². The Kier molecular flexibility index (Phi) is 1.62. The molecule has 4 heteroatoms. The Bertz CT molecular complexity index is 248. The van der Waals surface area contributed by atoms with Gasteiger partial charge in [-0.15, -0.1) is 0 Å². The number of hydrazone groups is 1. The SMILES string of the molecule is Cn1cccc1/C(N)=N/N. The summed E-state index contributed by atoms with van der Waals surface area (Å²) in [7, 11) is 1.88. The molecule has 0 aromatic carbocycles. The van der Waals surface area contributed by atoms with E-state index in [0.29, 0.717) is 5.84 Å². The second-order valence-electron chi connectivity index (χ2n) is 2.02. The quantitative estimate of drug-likeness (QED) is 0.240. The van der Waals surface area contributed by atoms with Crippen LogP contribution < -0.4 is 11.6 Å². The van der Waals surface area contributed by atoms with E-state index in [4.69, 9.17) is 11.6 Å². The minimum atomic E-state index is 0.354. The van der Waals surface area contributed by atoms with E-state index in [1.165, 1.54) is 0 Å². The summed E-state index contributed by atoms with van der Waals surface area (Å²) >= 11 is 0. The summed E-state index contributed by atoms with van der Waals surface area (Å²) in [6.45, 7) is 0. The molecule has 0 saturated heterocycles. The Balaban J connectivity index is 3.05. The van der Waals surface area contributed by atoms with Crippen LogP contribution in [0.3, 0.4) is 0 Å². The molecule has 1 rings (SSSR count). The first-order valence-corrected chi connectivity index (χ1v) is 2.90. The molecule has 0 unspecified atom stereocenters. The fourth-order valence-electron chi connectivity index (χ4n) is 0.793. The van der Waals surface area contributed by atoms with Gasteiger partial charge in [0.05, 0.1) is 5.69 Å². The van der Waals surface area contributed by atoms with Crippen molar-refractivity contribution in [2.75, 3.05) is 0 Å². The minimum Gasteiger partial charge on any atom is -0.381 e. The predicted molar refractivity (Wildman–Crippen MR) is 40.3 cm³/mol.